The summed E-state index contributed by atoms with van der Waals surface area (Å²) in [5.74, 6) is 0.910. The Kier molecular flexibility index (Phi) is 2.76. The normalized spacial score (nSPS) is 14.9. The van der Waals surface area contributed by atoms with E-state index in [4.69, 9.17) is 5.73 Å². The maximum absolute atomic E-state index is 5.80. The summed E-state index contributed by atoms with van der Waals surface area (Å²) in [6.07, 6.45) is 2.64. The number of fused-ring (bicyclic) bond motifs is 1. The van der Waals surface area contributed by atoms with Gasteiger partial charge in [0, 0.05) is 38.8 Å². The van der Waals surface area contributed by atoms with E-state index < -0.39 is 0 Å². The lowest BCUT2D eigenvalue weighted by Gasteiger charge is -2.12. The van der Waals surface area contributed by atoms with Gasteiger partial charge in [0.1, 0.15) is 6.33 Å². The van der Waals surface area contributed by atoms with Crippen molar-refractivity contribution >= 4 is 5.69 Å². The average molecular weight is 243 g/mol. The van der Waals surface area contributed by atoms with Crippen LogP contribution in [0.1, 0.15) is 17.0 Å². The third kappa shape index (κ3) is 2.22. The number of aryl methyl sites for hydroxylation is 1. The second-order valence-electron chi connectivity index (χ2n) is 4.82. The van der Waals surface area contributed by atoms with E-state index in [2.05, 4.69) is 27.1 Å². The molecule has 1 aromatic heterocycles. The standard InChI is InChI=1S/C13H17N5/c1-17-9-15-13(16-17)4-5-18-7-10-2-3-12(14)6-11(10)8-18/h2-3,6,9H,4-5,7-8,14H2,1H3. The zero-order valence-corrected chi connectivity index (χ0v) is 10.5. The number of benzene rings is 1. The van der Waals surface area contributed by atoms with Crippen LogP contribution >= 0.6 is 0 Å². The lowest BCUT2D eigenvalue weighted by molar-refractivity contribution is 0.286. The van der Waals surface area contributed by atoms with E-state index in [0.717, 1.165) is 37.6 Å². The zero-order valence-electron chi connectivity index (χ0n) is 10.5. The minimum atomic E-state index is 0.849. The first-order valence-corrected chi connectivity index (χ1v) is 6.15. The maximum Gasteiger partial charge on any atom is 0.151 e. The number of nitrogens with zero attached hydrogens (tertiary/aromatic N) is 4. The molecule has 0 aliphatic carbocycles. The van der Waals surface area contributed by atoms with Crippen molar-refractivity contribution in [3.05, 3.63) is 41.5 Å². The monoisotopic (exact) mass is 243 g/mol. The van der Waals surface area contributed by atoms with Crippen molar-refractivity contribution < 1.29 is 0 Å². The van der Waals surface area contributed by atoms with E-state index in [1.807, 2.05) is 13.1 Å². The minimum Gasteiger partial charge on any atom is -0.399 e. The summed E-state index contributed by atoms with van der Waals surface area (Å²) in [7, 11) is 1.89. The van der Waals surface area contributed by atoms with Crippen LogP contribution in [-0.4, -0.2) is 26.2 Å². The van der Waals surface area contributed by atoms with E-state index in [1.165, 1.54) is 11.1 Å². The third-order valence-corrected chi connectivity index (χ3v) is 3.32. The Labute approximate surface area is 106 Å². The first kappa shape index (κ1) is 11.2. The van der Waals surface area contributed by atoms with E-state index in [0.29, 0.717) is 0 Å². The highest BCUT2D eigenvalue weighted by Crippen LogP contribution is 2.24. The van der Waals surface area contributed by atoms with Crippen LogP contribution in [-0.2, 0) is 26.6 Å². The first-order chi connectivity index (χ1) is 8.70. The van der Waals surface area contributed by atoms with Gasteiger partial charge in [-0.3, -0.25) is 9.58 Å². The predicted molar refractivity (Wildman–Crippen MR) is 69.7 cm³/mol. The number of rotatable bonds is 3. The van der Waals surface area contributed by atoms with Crippen LogP contribution in [0.4, 0.5) is 5.69 Å². The minimum absolute atomic E-state index is 0.849. The van der Waals surface area contributed by atoms with Crippen molar-refractivity contribution in [3.8, 4) is 0 Å². The topological polar surface area (TPSA) is 60.0 Å². The van der Waals surface area contributed by atoms with Gasteiger partial charge in [-0.2, -0.15) is 5.10 Å². The highest BCUT2D eigenvalue weighted by atomic mass is 15.3. The van der Waals surface area contributed by atoms with Gasteiger partial charge in [0.2, 0.25) is 0 Å². The van der Waals surface area contributed by atoms with Crippen molar-refractivity contribution in [2.75, 3.05) is 12.3 Å². The molecule has 1 aliphatic rings. The molecule has 3 rings (SSSR count). The molecule has 2 N–H and O–H groups in total. The highest BCUT2D eigenvalue weighted by Gasteiger charge is 2.18. The van der Waals surface area contributed by atoms with Gasteiger partial charge in [0.25, 0.3) is 0 Å². The summed E-state index contributed by atoms with van der Waals surface area (Å²) in [5.41, 5.74) is 9.39. The number of nitrogen functional groups attached to an aromatic ring is 1. The van der Waals surface area contributed by atoms with Crippen LogP contribution in [0.3, 0.4) is 0 Å². The molecule has 1 aliphatic heterocycles. The summed E-state index contributed by atoms with van der Waals surface area (Å²) in [5, 5.41) is 4.29. The van der Waals surface area contributed by atoms with Crippen LogP contribution < -0.4 is 5.73 Å². The molecule has 0 spiro atoms. The van der Waals surface area contributed by atoms with Gasteiger partial charge in [0.15, 0.2) is 5.82 Å². The Bertz CT molecular complexity index is 560. The number of aromatic nitrogens is 3. The molecule has 18 heavy (non-hydrogen) atoms. The number of anilines is 1. The molecule has 94 valence electrons. The second-order valence-corrected chi connectivity index (χ2v) is 4.82. The predicted octanol–water partition coefficient (Wildman–Crippen LogP) is 0.956. The summed E-state index contributed by atoms with van der Waals surface area (Å²) >= 11 is 0. The van der Waals surface area contributed by atoms with Crippen LogP contribution in [0.15, 0.2) is 24.5 Å². The van der Waals surface area contributed by atoms with E-state index >= 15 is 0 Å². The molecule has 5 nitrogen and oxygen atoms in total. The third-order valence-electron chi connectivity index (χ3n) is 3.32. The Morgan fingerprint density at radius 2 is 2.11 bits per heavy atom. The van der Waals surface area contributed by atoms with E-state index in [-0.39, 0.29) is 0 Å². The molecule has 0 fully saturated rings. The molecule has 0 amide bonds. The van der Waals surface area contributed by atoms with E-state index in [9.17, 15) is 0 Å². The van der Waals surface area contributed by atoms with Crippen LogP contribution in [0.5, 0.6) is 0 Å². The van der Waals surface area contributed by atoms with Gasteiger partial charge in [-0.15, -0.1) is 0 Å². The Morgan fingerprint density at radius 1 is 1.28 bits per heavy atom. The van der Waals surface area contributed by atoms with Gasteiger partial charge in [-0.05, 0) is 23.3 Å². The van der Waals surface area contributed by atoms with Crippen molar-refractivity contribution in [3.63, 3.8) is 0 Å². The number of nitrogens with two attached hydrogens (primary N) is 1. The SMILES string of the molecule is Cn1cnc(CCN2Cc3ccc(N)cc3C2)n1. The largest absolute Gasteiger partial charge is 0.399 e. The lowest BCUT2D eigenvalue weighted by atomic mass is 10.1. The summed E-state index contributed by atoms with van der Waals surface area (Å²) in [6, 6.07) is 6.18. The fourth-order valence-corrected chi connectivity index (χ4v) is 2.40. The van der Waals surface area contributed by atoms with Crippen molar-refractivity contribution in [2.45, 2.75) is 19.5 Å². The summed E-state index contributed by atoms with van der Waals surface area (Å²) in [6.45, 7) is 2.97. The zero-order chi connectivity index (χ0) is 12.5. The average Bonchev–Trinajstić information content (AvgIpc) is 2.92. The quantitative estimate of drug-likeness (QED) is 0.816. The fraction of sp³-hybridized carbons (Fsp3) is 0.385. The molecule has 2 aromatic rings. The molecule has 0 saturated carbocycles. The molecule has 0 bridgehead atoms. The number of hydrogen-bond donors (Lipinski definition) is 1. The molecule has 2 heterocycles. The van der Waals surface area contributed by atoms with Crippen LogP contribution in [0, 0.1) is 0 Å². The summed E-state index contributed by atoms with van der Waals surface area (Å²) in [4.78, 5) is 6.65. The maximum atomic E-state index is 5.80. The molecule has 0 saturated heterocycles. The van der Waals surface area contributed by atoms with Gasteiger partial charge >= 0.3 is 0 Å². The van der Waals surface area contributed by atoms with Gasteiger partial charge in [-0.1, -0.05) is 6.07 Å². The Hall–Kier alpha value is -1.88. The Balaban J connectivity index is 1.61. The fourth-order valence-electron chi connectivity index (χ4n) is 2.40. The second kappa shape index (κ2) is 4.42. The molecule has 0 atom stereocenters. The van der Waals surface area contributed by atoms with Gasteiger partial charge in [-0.25, -0.2) is 4.98 Å². The van der Waals surface area contributed by atoms with Crippen LogP contribution in [0.2, 0.25) is 0 Å². The Morgan fingerprint density at radius 3 is 2.89 bits per heavy atom. The van der Waals surface area contributed by atoms with Gasteiger partial charge < -0.3 is 5.73 Å². The van der Waals surface area contributed by atoms with Crippen molar-refractivity contribution in [1.82, 2.24) is 19.7 Å². The first-order valence-electron chi connectivity index (χ1n) is 6.15. The molecule has 1 aromatic carbocycles. The lowest BCUT2D eigenvalue weighted by Crippen LogP contribution is -2.19. The van der Waals surface area contributed by atoms with Gasteiger partial charge in [0.05, 0.1) is 0 Å². The smallest absolute Gasteiger partial charge is 0.151 e. The van der Waals surface area contributed by atoms with Crippen LogP contribution in [0.25, 0.3) is 0 Å². The molecular weight excluding hydrogens is 226 g/mol. The van der Waals surface area contributed by atoms with E-state index in [1.54, 1.807) is 11.0 Å². The summed E-state index contributed by atoms with van der Waals surface area (Å²) < 4.78 is 1.74. The van der Waals surface area contributed by atoms with Crippen molar-refractivity contribution in [2.24, 2.45) is 7.05 Å². The highest BCUT2D eigenvalue weighted by molar-refractivity contribution is 5.46. The molecule has 0 radical (unpaired) electrons. The molecular formula is C13H17N5. The molecule has 5 heteroatoms. The molecule has 0 unspecified atom stereocenters. The van der Waals surface area contributed by atoms with Crippen molar-refractivity contribution in [1.29, 1.82) is 0 Å². The number of hydrogen-bond acceptors (Lipinski definition) is 4.